The molecular weight excluding hydrogens is 294 g/mol. The third-order valence-corrected chi connectivity index (χ3v) is 4.08. The van der Waals surface area contributed by atoms with Crippen LogP contribution in [0.3, 0.4) is 0 Å². The minimum atomic E-state index is -0.656. The van der Waals surface area contributed by atoms with Crippen LogP contribution in [0, 0.1) is 5.92 Å². The van der Waals surface area contributed by atoms with Crippen LogP contribution < -0.4 is 10.6 Å². The van der Waals surface area contributed by atoms with Crippen molar-refractivity contribution in [2.75, 3.05) is 14.1 Å². The smallest absolute Gasteiger partial charge is 0.251 e. The second-order valence-electron chi connectivity index (χ2n) is 5.96. The van der Waals surface area contributed by atoms with Gasteiger partial charge in [-0.3, -0.25) is 19.7 Å². The molecule has 2 atom stereocenters. The average molecular weight is 317 g/mol. The molecular formula is C17H23N3O3. The molecule has 0 radical (unpaired) electrons. The first-order valence-electron chi connectivity index (χ1n) is 7.84. The Morgan fingerprint density at radius 1 is 1.35 bits per heavy atom. The van der Waals surface area contributed by atoms with Crippen molar-refractivity contribution in [1.29, 1.82) is 0 Å². The molecule has 0 bridgehead atoms. The standard InChI is InChI=1S/C17H23N3O3/c1-4-11-5-6-12(7-9-14(11)20(2)3)16(22)18-13-8-10-15(21)19-17(13)23/h5-7,9,11,13H,4,8,10H2,1-3H3,(H,18,22)(H,19,21,23). The number of carbonyl (C=O) groups excluding carboxylic acids is 3. The van der Waals surface area contributed by atoms with E-state index in [2.05, 4.69) is 17.6 Å². The molecule has 2 aliphatic rings. The Morgan fingerprint density at radius 2 is 2.09 bits per heavy atom. The van der Waals surface area contributed by atoms with Gasteiger partial charge in [-0.1, -0.05) is 19.1 Å². The molecule has 2 unspecified atom stereocenters. The summed E-state index contributed by atoms with van der Waals surface area (Å²) >= 11 is 0. The van der Waals surface area contributed by atoms with Crippen molar-refractivity contribution >= 4 is 17.7 Å². The maximum absolute atomic E-state index is 12.4. The molecule has 0 saturated carbocycles. The quantitative estimate of drug-likeness (QED) is 0.754. The summed E-state index contributed by atoms with van der Waals surface area (Å²) in [4.78, 5) is 37.3. The monoisotopic (exact) mass is 317 g/mol. The molecule has 1 saturated heterocycles. The minimum absolute atomic E-state index is 0.244. The van der Waals surface area contributed by atoms with Crippen LogP contribution in [0.15, 0.2) is 35.6 Å². The molecule has 23 heavy (non-hydrogen) atoms. The van der Waals surface area contributed by atoms with E-state index in [1.165, 1.54) is 0 Å². The van der Waals surface area contributed by atoms with Crippen molar-refractivity contribution < 1.29 is 14.4 Å². The van der Waals surface area contributed by atoms with Gasteiger partial charge in [0.15, 0.2) is 0 Å². The lowest BCUT2D eigenvalue weighted by Gasteiger charge is -2.22. The second kappa shape index (κ2) is 7.26. The molecule has 0 spiro atoms. The highest BCUT2D eigenvalue weighted by atomic mass is 16.2. The zero-order valence-electron chi connectivity index (χ0n) is 13.8. The van der Waals surface area contributed by atoms with Gasteiger partial charge in [0.1, 0.15) is 6.04 Å². The largest absolute Gasteiger partial charge is 0.380 e. The fraction of sp³-hybridized carbons (Fsp3) is 0.471. The molecule has 6 nitrogen and oxygen atoms in total. The second-order valence-corrected chi connectivity index (χ2v) is 5.96. The Bertz CT molecular complexity index is 602. The summed E-state index contributed by atoms with van der Waals surface area (Å²) in [7, 11) is 3.95. The molecule has 6 heteroatoms. The van der Waals surface area contributed by atoms with Crippen molar-refractivity contribution in [3.63, 3.8) is 0 Å². The Labute approximate surface area is 136 Å². The normalized spacial score (nSPS) is 24.3. The first kappa shape index (κ1) is 17.0. The van der Waals surface area contributed by atoms with Crippen molar-refractivity contribution in [2.45, 2.75) is 32.2 Å². The molecule has 1 fully saturated rings. The highest BCUT2D eigenvalue weighted by Crippen LogP contribution is 2.23. The number of hydrogen-bond acceptors (Lipinski definition) is 4. The molecule has 0 aromatic heterocycles. The molecule has 1 aliphatic heterocycles. The van der Waals surface area contributed by atoms with Crippen LogP contribution in [-0.2, 0) is 14.4 Å². The highest BCUT2D eigenvalue weighted by molar-refractivity contribution is 6.04. The van der Waals surface area contributed by atoms with Gasteiger partial charge in [-0.2, -0.15) is 0 Å². The number of hydrogen-bond donors (Lipinski definition) is 2. The number of nitrogens with zero attached hydrogens (tertiary/aromatic N) is 1. The maximum atomic E-state index is 12.4. The third kappa shape index (κ3) is 4.09. The van der Waals surface area contributed by atoms with Gasteiger partial charge >= 0.3 is 0 Å². The van der Waals surface area contributed by atoms with E-state index in [-0.39, 0.29) is 24.2 Å². The lowest BCUT2D eigenvalue weighted by Crippen LogP contribution is -2.52. The van der Waals surface area contributed by atoms with Crippen LogP contribution in [0.2, 0.25) is 0 Å². The lowest BCUT2D eigenvalue weighted by atomic mass is 10.0. The van der Waals surface area contributed by atoms with E-state index in [4.69, 9.17) is 0 Å². The fourth-order valence-corrected chi connectivity index (χ4v) is 2.72. The fourth-order valence-electron chi connectivity index (χ4n) is 2.72. The molecule has 124 valence electrons. The van der Waals surface area contributed by atoms with Gasteiger partial charge in [0, 0.05) is 37.7 Å². The first-order valence-corrected chi connectivity index (χ1v) is 7.84. The molecule has 0 aromatic carbocycles. The van der Waals surface area contributed by atoms with Crippen LogP contribution >= 0.6 is 0 Å². The van der Waals surface area contributed by atoms with E-state index in [9.17, 15) is 14.4 Å². The van der Waals surface area contributed by atoms with Gasteiger partial charge in [-0.25, -0.2) is 0 Å². The maximum Gasteiger partial charge on any atom is 0.251 e. The van der Waals surface area contributed by atoms with E-state index in [1.807, 2.05) is 31.1 Å². The van der Waals surface area contributed by atoms with Crippen LogP contribution in [0.5, 0.6) is 0 Å². The molecule has 2 N–H and O–H groups in total. The minimum Gasteiger partial charge on any atom is -0.380 e. The molecule has 3 amide bonds. The summed E-state index contributed by atoms with van der Waals surface area (Å²) in [6.07, 6.45) is 9.03. The molecule has 2 rings (SSSR count). The summed E-state index contributed by atoms with van der Waals surface area (Å²) in [6, 6.07) is -0.656. The molecule has 1 heterocycles. The lowest BCUT2D eigenvalue weighted by molar-refractivity contribution is -0.136. The Hall–Kier alpha value is -2.37. The van der Waals surface area contributed by atoms with Gasteiger partial charge < -0.3 is 10.2 Å². The number of allylic oxidation sites excluding steroid dienone is 3. The number of carbonyl (C=O) groups is 3. The highest BCUT2D eigenvalue weighted by Gasteiger charge is 2.28. The average Bonchev–Trinajstić information content (AvgIpc) is 2.72. The molecule has 1 aliphatic carbocycles. The van der Waals surface area contributed by atoms with Crippen LogP contribution in [0.1, 0.15) is 26.2 Å². The number of nitrogens with one attached hydrogen (secondary N) is 2. The zero-order chi connectivity index (χ0) is 17.0. The first-order chi connectivity index (χ1) is 10.9. The summed E-state index contributed by atoms with van der Waals surface area (Å²) < 4.78 is 0. The van der Waals surface area contributed by atoms with Gasteiger partial charge in [-0.05, 0) is 25.0 Å². The van der Waals surface area contributed by atoms with Gasteiger partial charge in [0.05, 0.1) is 0 Å². The van der Waals surface area contributed by atoms with E-state index < -0.39 is 11.9 Å². The number of rotatable bonds is 4. The van der Waals surface area contributed by atoms with E-state index in [1.54, 1.807) is 12.2 Å². The van der Waals surface area contributed by atoms with Crippen molar-refractivity contribution in [1.82, 2.24) is 15.5 Å². The SMILES string of the molecule is CCC1C=CC(C(=O)NC2CCC(=O)NC2=O)=CC=C1N(C)C. The summed E-state index contributed by atoms with van der Waals surface area (Å²) in [5.74, 6) is -0.786. The van der Waals surface area contributed by atoms with Crippen LogP contribution in [0.25, 0.3) is 0 Å². The number of amides is 3. The summed E-state index contributed by atoms with van der Waals surface area (Å²) in [5.41, 5.74) is 1.64. The number of imide groups is 1. The topological polar surface area (TPSA) is 78.5 Å². The summed E-state index contributed by atoms with van der Waals surface area (Å²) in [6.45, 7) is 2.10. The Kier molecular flexibility index (Phi) is 5.36. The summed E-state index contributed by atoms with van der Waals surface area (Å²) in [5, 5.41) is 4.94. The molecule has 0 aromatic rings. The third-order valence-electron chi connectivity index (χ3n) is 4.08. The van der Waals surface area contributed by atoms with Crippen LogP contribution in [0.4, 0.5) is 0 Å². The van der Waals surface area contributed by atoms with Gasteiger partial charge in [0.25, 0.3) is 5.91 Å². The Morgan fingerprint density at radius 3 is 2.70 bits per heavy atom. The van der Waals surface area contributed by atoms with Crippen molar-refractivity contribution in [3.8, 4) is 0 Å². The van der Waals surface area contributed by atoms with Crippen molar-refractivity contribution in [3.05, 3.63) is 35.6 Å². The zero-order valence-corrected chi connectivity index (χ0v) is 13.8. The van der Waals surface area contributed by atoms with Crippen molar-refractivity contribution in [2.24, 2.45) is 5.92 Å². The Balaban J connectivity index is 2.10. The van der Waals surface area contributed by atoms with Crippen LogP contribution in [-0.4, -0.2) is 42.8 Å². The van der Waals surface area contributed by atoms with E-state index in [0.717, 1.165) is 12.1 Å². The van der Waals surface area contributed by atoms with E-state index in [0.29, 0.717) is 12.0 Å². The predicted molar refractivity (Wildman–Crippen MR) is 87.1 cm³/mol. The predicted octanol–water partition coefficient (Wildman–Crippen LogP) is 0.876. The van der Waals surface area contributed by atoms with Gasteiger partial charge in [-0.15, -0.1) is 0 Å². The van der Waals surface area contributed by atoms with Gasteiger partial charge in [0.2, 0.25) is 11.8 Å². The van der Waals surface area contributed by atoms with E-state index >= 15 is 0 Å². The number of piperidine rings is 1.